The molecule has 1 unspecified atom stereocenters. The first-order valence-electron chi connectivity index (χ1n) is 6.83. The van der Waals surface area contributed by atoms with Crippen LogP contribution >= 0.6 is 11.8 Å². The highest BCUT2D eigenvalue weighted by Gasteiger charge is 2.19. The Balaban J connectivity index is 1.80. The van der Waals surface area contributed by atoms with Crippen molar-refractivity contribution in [1.82, 2.24) is 10.2 Å². The summed E-state index contributed by atoms with van der Waals surface area (Å²) >= 11 is 1.97. The van der Waals surface area contributed by atoms with E-state index in [2.05, 4.69) is 16.3 Å². The average Bonchev–Trinajstić information content (AvgIpc) is 2.50. The van der Waals surface area contributed by atoms with Crippen LogP contribution in [0.3, 0.4) is 0 Å². The maximum absolute atomic E-state index is 12.1. The minimum absolute atomic E-state index is 0.204. The lowest BCUT2D eigenvalue weighted by Crippen LogP contribution is -2.40. The standard InChI is InChI=1S/C15H19N3OS/c16-12-14(13-4-2-1-3-5-13)15(19)17-6-7-18-8-10-20-11-9-18/h1-5,14H,6-11H2,(H,17,19). The van der Waals surface area contributed by atoms with E-state index in [4.69, 9.17) is 0 Å². The molecule has 1 aromatic carbocycles. The van der Waals surface area contributed by atoms with E-state index in [1.165, 1.54) is 11.5 Å². The van der Waals surface area contributed by atoms with E-state index in [1.54, 1.807) is 0 Å². The zero-order chi connectivity index (χ0) is 14.2. The fourth-order valence-electron chi connectivity index (χ4n) is 2.19. The van der Waals surface area contributed by atoms with Crippen molar-refractivity contribution in [2.45, 2.75) is 5.92 Å². The van der Waals surface area contributed by atoms with Gasteiger partial charge in [-0.2, -0.15) is 17.0 Å². The quantitative estimate of drug-likeness (QED) is 0.891. The maximum Gasteiger partial charge on any atom is 0.241 e. The van der Waals surface area contributed by atoms with Crippen molar-refractivity contribution in [3.63, 3.8) is 0 Å². The number of hydrogen-bond donors (Lipinski definition) is 1. The molecule has 1 N–H and O–H groups in total. The predicted octanol–water partition coefficient (Wildman–Crippen LogP) is 1.46. The molecule has 0 saturated carbocycles. The molecule has 0 radical (unpaired) electrons. The lowest BCUT2D eigenvalue weighted by Gasteiger charge is -2.26. The Morgan fingerprint density at radius 1 is 1.35 bits per heavy atom. The second kappa shape index (κ2) is 7.93. The third kappa shape index (κ3) is 4.26. The molecule has 4 nitrogen and oxygen atoms in total. The van der Waals surface area contributed by atoms with E-state index in [0.717, 1.165) is 25.2 Å². The Labute approximate surface area is 124 Å². The summed E-state index contributed by atoms with van der Waals surface area (Å²) in [4.78, 5) is 14.4. The third-order valence-electron chi connectivity index (χ3n) is 3.36. The van der Waals surface area contributed by atoms with E-state index in [0.29, 0.717) is 6.54 Å². The molecule has 0 aromatic heterocycles. The van der Waals surface area contributed by atoms with Gasteiger partial charge in [-0.3, -0.25) is 9.69 Å². The van der Waals surface area contributed by atoms with Crippen LogP contribution < -0.4 is 5.32 Å². The van der Waals surface area contributed by atoms with Gasteiger partial charge in [0, 0.05) is 37.7 Å². The Morgan fingerprint density at radius 2 is 2.05 bits per heavy atom. The second-order valence-corrected chi connectivity index (χ2v) is 5.94. The zero-order valence-electron chi connectivity index (χ0n) is 11.4. The summed E-state index contributed by atoms with van der Waals surface area (Å²) in [7, 11) is 0. The van der Waals surface area contributed by atoms with Crippen molar-refractivity contribution in [3.05, 3.63) is 35.9 Å². The number of nitriles is 1. The molecule has 1 saturated heterocycles. The van der Waals surface area contributed by atoms with Crippen LogP contribution in [0.25, 0.3) is 0 Å². The number of amides is 1. The monoisotopic (exact) mass is 289 g/mol. The van der Waals surface area contributed by atoms with Gasteiger partial charge in [0.2, 0.25) is 5.91 Å². The molecule has 0 bridgehead atoms. The lowest BCUT2D eigenvalue weighted by molar-refractivity contribution is -0.121. The molecular formula is C15H19N3OS. The molecule has 20 heavy (non-hydrogen) atoms. The van der Waals surface area contributed by atoms with Gasteiger partial charge in [-0.05, 0) is 5.56 Å². The van der Waals surface area contributed by atoms with Crippen molar-refractivity contribution in [1.29, 1.82) is 5.26 Å². The van der Waals surface area contributed by atoms with Crippen LogP contribution in [0.5, 0.6) is 0 Å². The smallest absolute Gasteiger partial charge is 0.241 e. The highest BCUT2D eigenvalue weighted by Crippen LogP contribution is 2.14. The van der Waals surface area contributed by atoms with E-state index in [9.17, 15) is 10.1 Å². The molecule has 106 valence electrons. The number of rotatable bonds is 5. The molecule has 1 aliphatic rings. The number of benzene rings is 1. The third-order valence-corrected chi connectivity index (χ3v) is 4.30. The summed E-state index contributed by atoms with van der Waals surface area (Å²) in [6.07, 6.45) is 0. The average molecular weight is 289 g/mol. The first-order chi connectivity index (χ1) is 9.81. The number of nitrogens with one attached hydrogen (secondary N) is 1. The fourth-order valence-corrected chi connectivity index (χ4v) is 3.17. The zero-order valence-corrected chi connectivity index (χ0v) is 12.2. The first-order valence-corrected chi connectivity index (χ1v) is 7.99. The van der Waals surface area contributed by atoms with Crippen molar-refractivity contribution in [2.24, 2.45) is 0 Å². The Morgan fingerprint density at radius 3 is 2.70 bits per heavy atom. The normalized spacial score (nSPS) is 17.1. The van der Waals surface area contributed by atoms with E-state index >= 15 is 0 Å². The van der Waals surface area contributed by atoms with Gasteiger partial charge in [-0.1, -0.05) is 30.3 Å². The summed E-state index contributed by atoms with van der Waals surface area (Å²) in [6.45, 7) is 3.63. The minimum Gasteiger partial charge on any atom is -0.353 e. The van der Waals surface area contributed by atoms with Gasteiger partial charge in [0.15, 0.2) is 0 Å². The predicted molar refractivity (Wildman–Crippen MR) is 81.6 cm³/mol. The van der Waals surface area contributed by atoms with Crippen LogP contribution in [-0.4, -0.2) is 48.5 Å². The highest BCUT2D eigenvalue weighted by atomic mass is 32.2. The number of carbonyl (C=O) groups excluding carboxylic acids is 1. The van der Waals surface area contributed by atoms with Crippen LogP contribution in [-0.2, 0) is 4.79 Å². The molecular weight excluding hydrogens is 270 g/mol. The molecule has 1 aliphatic heterocycles. The van der Waals surface area contributed by atoms with E-state index in [1.807, 2.05) is 42.1 Å². The second-order valence-electron chi connectivity index (χ2n) is 4.72. The van der Waals surface area contributed by atoms with Gasteiger partial charge < -0.3 is 5.32 Å². The summed E-state index contributed by atoms with van der Waals surface area (Å²) in [5, 5.41) is 12.0. The SMILES string of the molecule is N#CC(C(=O)NCCN1CCSCC1)c1ccccc1. The van der Waals surface area contributed by atoms with Crippen LogP contribution in [0.15, 0.2) is 30.3 Å². The van der Waals surface area contributed by atoms with E-state index in [-0.39, 0.29) is 5.91 Å². The summed E-state index contributed by atoms with van der Waals surface area (Å²) in [6, 6.07) is 11.3. The molecule has 2 rings (SSSR count). The molecule has 1 atom stereocenters. The molecule has 5 heteroatoms. The number of hydrogen-bond acceptors (Lipinski definition) is 4. The van der Waals surface area contributed by atoms with Gasteiger partial charge in [-0.25, -0.2) is 0 Å². The van der Waals surface area contributed by atoms with Crippen LogP contribution in [0.1, 0.15) is 11.5 Å². The lowest BCUT2D eigenvalue weighted by atomic mass is 10.00. The van der Waals surface area contributed by atoms with E-state index < -0.39 is 5.92 Å². The van der Waals surface area contributed by atoms with Gasteiger partial charge >= 0.3 is 0 Å². The van der Waals surface area contributed by atoms with Crippen LogP contribution in [0.4, 0.5) is 0 Å². The van der Waals surface area contributed by atoms with Gasteiger partial charge in [-0.15, -0.1) is 0 Å². The summed E-state index contributed by atoms with van der Waals surface area (Å²) < 4.78 is 0. The van der Waals surface area contributed by atoms with Gasteiger partial charge in [0.1, 0.15) is 5.92 Å². The van der Waals surface area contributed by atoms with Crippen molar-refractivity contribution in [3.8, 4) is 6.07 Å². The fraction of sp³-hybridized carbons (Fsp3) is 0.467. The Hall–Kier alpha value is -1.51. The molecule has 1 amide bonds. The largest absolute Gasteiger partial charge is 0.353 e. The van der Waals surface area contributed by atoms with Crippen LogP contribution in [0.2, 0.25) is 0 Å². The van der Waals surface area contributed by atoms with Crippen LogP contribution in [0, 0.1) is 11.3 Å². The Bertz CT molecular complexity index is 466. The molecule has 0 spiro atoms. The number of carbonyl (C=O) groups is 1. The summed E-state index contributed by atoms with van der Waals surface area (Å²) in [5.41, 5.74) is 0.752. The summed E-state index contributed by atoms with van der Waals surface area (Å²) in [5.74, 6) is 1.41. The topological polar surface area (TPSA) is 56.1 Å². The molecule has 1 heterocycles. The van der Waals surface area contributed by atoms with Crippen molar-refractivity contribution >= 4 is 17.7 Å². The van der Waals surface area contributed by atoms with Crippen molar-refractivity contribution in [2.75, 3.05) is 37.7 Å². The van der Waals surface area contributed by atoms with Gasteiger partial charge in [0.05, 0.1) is 6.07 Å². The first kappa shape index (κ1) is 14.9. The minimum atomic E-state index is -0.715. The van der Waals surface area contributed by atoms with Crippen molar-refractivity contribution < 1.29 is 4.79 Å². The van der Waals surface area contributed by atoms with Gasteiger partial charge in [0.25, 0.3) is 0 Å². The molecule has 0 aliphatic carbocycles. The Kier molecular flexibility index (Phi) is 5.90. The number of thioether (sulfide) groups is 1. The highest BCUT2D eigenvalue weighted by molar-refractivity contribution is 7.99. The molecule has 1 aromatic rings. The number of nitrogens with zero attached hydrogens (tertiary/aromatic N) is 2. The molecule has 1 fully saturated rings. The maximum atomic E-state index is 12.1.